The predicted molar refractivity (Wildman–Crippen MR) is 48.2 cm³/mol. The maximum atomic E-state index is 10.8. The highest BCUT2D eigenvalue weighted by molar-refractivity contribution is 5.75. The molecule has 1 saturated carbocycles. The number of carbonyl (C=O) groups is 2. The number of esters is 1. The van der Waals surface area contributed by atoms with E-state index in [1.165, 1.54) is 6.92 Å². The van der Waals surface area contributed by atoms with Gasteiger partial charge in [-0.3, -0.25) is 4.79 Å². The molecule has 0 heterocycles. The summed E-state index contributed by atoms with van der Waals surface area (Å²) in [4.78, 5) is 21.5. The van der Waals surface area contributed by atoms with E-state index in [0.29, 0.717) is 12.3 Å². The average Bonchev–Trinajstić information content (AvgIpc) is 2.33. The minimum Gasteiger partial charge on any atom is -0.463 e. The molecule has 1 aliphatic carbocycles. The second-order valence-electron chi connectivity index (χ2n) is 3.82. The first-order valence-electron chi connectivity index (χ1n) is 4.74. The van der Waals surface area contributed by atoms with Gasteiger partial charge >= 0.3 is 5.97 Å². The second-order valence-corrected chi connectivity index (χ2v) is 3.82. The fourth-order valence-corrected chi connectivity index (χ4v) is 1.96. The molecule has 2 atom stereocenters. The molecular formula is C10H16O3. The molecule has 0 spiro atoms. The number of Topliss-reactive ketones (excluding diaryl/α,β-unsaturated/α-hetero) is 1. The third-order valence-corrected chi connectivity index (χ3v) is 2.40. The SMILES string of the molecule is CC(=O)CC1CCC(OC(C)=O)C1. The summed E-state index contributed by atoms with van der Waals surface area (Å²) in [5.41, 5.74) is 0. The van der Waals surface area contributed by atoms with Gasteiger partial charge in [0.15, 0.2) is 0 Å². The van der Waals surface area contributed by atoms with Crippen LogP contribution in [0.1, 0.15) is 39.5 Å². The Balaban J connectivity index is 2.27. The quantitative estimate of drug-likeness (QED) is 0.627. The molecule has 0 N–H and O–H groups in total. The third-order valence-electron chi connectivity index (χ3n) is 2.40. The monoisotopic (exact) mass is 184 g/mol. The average molecular weight is 184 g/mol. The van der Waals surface area contributed by atoms with Crippen molar-refractivity contribution in [3.63, 3.8) is 0 Å². The Morgan fingerprint density at radius 3 is 2.54 bits per heavy atom. The lowest BCUT2D eigenvalue weighted by Gasteiger charge is -2.10. The summed E-state index contributed by atoms with van der Waals surface area (Å²) in [6.45, 7) is 3.04. The lowest BCUT2D eigenvalue weighted by atomic mass is 10.0. The van der Waals surface area contributed by atoms with Crippen molar-refractivity contribution >= 4 is 11.8 Å². The van der Waals surface area contributed by atoms with Crippen LogP contribution in [-0.4, -0.2) is 17.9 Å². The van der Waals surface area contributed by atoms with E-state index in [1.807, 2.05) is 0 Å². The number of hydrogen-bond acceptors (Lipinski definition) is 3. The number of hydrogen-bond donors (Lipinski definition) is 0. The van der Waals surface area contributed by atoms with Crippen LogP contribution < -0.4 is 0 Å². The van der Waals surface area contributed by atoms with Crippen LogP contribution in [0, 0.1) is 5.92 Å². The number of ketones is 1. The Morgan fingerprint density at radius 2 is 2.00 bits per heavy atom. The van der Waals surface area contributed by atoms with Crippen molar-refractivity contribution in [3.8, 4) is 0 Å². The summed E-state index contributed by atoms with van der Waals surface area (Å²) >= 11 is 0. The molecule has 1 aliphatic rings. The first-order chi connectivity index (χ1) is 6.08. The molecule has 1 rings (SSSR count). The zero-order valence-electron chi connectivity index (χ0n) is 8.21. The summed E-state index contributed by atoms with van der Waals surface area (Å²) < 4.78 is 5.07. The summed E-state index contributed by atoms with van der Waals surface area (Å²) in [6.07, 6.45) is 3.48. The van der Waals surface area contributed by atoms with Crippen LogP contribution in [-0.2, 0) is 14.3 Å². The normalized spacial score (nSPS) is 27.2. The zero-order valence-corrected chi connectivity index (χ0v) is 8.21. The molecule has 0 amide bonds. The zero-order chi connectivity index (χ0) is 9.84. The van der Waals surface area contributed by atoms with Crippen molar-refractivity contribution in [2.75, 3.05) is 0 Å². The fourth-order valence-electron chi connectivity index (χ4n) is 1.96. The molecule has 13 heavy (non-hydrogen) atoms. The minimum atomic E-state index is -0.214. The predicted octanol–water partition coefficient (Wildman–Crippen LogP) is 1.70. The Morgan fingerprint density at radius 1 is 1.31 bits per heavy atom. The van der Waals surface area contributed by atoms with Gasteiger partial charge in [0.25, 0.3) is 0 Å². The largest absolute Gasteiger partial charge is 0.463 e. The molecule has 3 heteroatoms. The lowest BCUT2D eigenvalue weighted by molar-refractivity contribution is -0.146. The van der Waals surface area contributed by atoms with Crippen molar-refractivity contribution in [2.24, 2.45) is 5.92 Å². The Labute approximate surface area is 78.5 Å². The topological polar surface area (TPSA) is 43.4 Å². The summed E-state index contributed by atoms with van der Waals surface area (Å²) in [7, 11) is 0. The molecule has 74 valence electrons. The van der Waals surface area contributed by atoms with Gasteiger partial charge in [0.2, 0.25) is 0 Å². The van der Waals surface area contributed by atoms with Gasteiger partial charge in [0.05, 0.1) is 0 Å². The molecule has 0 bridgehead atoms. The molecule has 0 aromatic carbocycles. The highest BCUT2D eigenvalue weighted by atomic mass is 16.5. The molecule has 2 unspecified atom stereocenters. The van der Waals surface area contributed by atoms with Crippen molar-refractivity contribution in [1.29, 1.82) is 0 Å². The minimum absolute atomic E-state index is 0.0573. The first kappa shape index (κ1) is 10.2. The van der Waals surface area contributed by atoms with E-state index in [4.69, 9.17) is 4.74 Å². The molecule has 0 aliphatic heterocycles. The van der Waals surface area contributed by atoms with Crippen LogP contribution in [0.25, 0.3) is 0 Å². The molecule has 0 saturated heterocycles. The maximum Gasteiger partial charge on any atom is 0.302 e. The highest BCUT2D eigenvalue weighted by Crippen LogP contribution is 2.30. The van der Waals surface area contributed by atoms with Gasteiger partial charge in [-0.15, -0.1) is 0 Å². The standard InChI is InChI=1S/C10H16O3/c1-7(11)5-9-3-4-10(6-9)13-8(2)12/h9-10H,3-6H2,1-2H3. The van der Waals surface area contributed by atoms with Crippen molar-refractivity contribution in [2.45, 2.75) is 45.6 Å². The van der Waals surface area contributed by atoms with E-state index in [9.17, 15) is 9.59 Å². The number of rotatable bonds is 3. The van der Waals surface area contributed by atoms with Gasteiger partial charge in [0.1, 0.15) is 11.9 Å². The van der Waals surface area contributed by atoms with E-state index < -0.39 is 0 Å². The Bertz CT molecular complexity index is 188. The van der Waals surface area contributed by atoms with Crippen molar-refractivity contribution < 1.29 is 14.3 Å². The van der Waals surface area contributed by atoms with Gasteiger partial charge in [0, 0.05) is 13.3 Å². The van der Waals surface area contributed by atoms with E-state index in [-0.39, 0.29) is 17.9 Å². The van der Waals surface area contributed by atoms with Crippen molar-refractivity contribution in [3.05, 3.63) is 0 Å². The first-order valence-corrected chi connectivity index (χ1v) is 4.74. The molecule has 0 radical (unpaired) electrons. The molecule has 0 aromatic heterocycles. The number of ether oxygens (including phenoxy) is 1. The third kappa shape index (κ3) is 3.57. The van der Waals surface area contributed by atoms with E-state index in [1.54, 1.807) is 6.92 Å². The lowest BCUT2D eigenvalue weighted by Crippen LogP contribution is -2.12. The van der Waals surface area contributed by atoms with Gasteiger partial charge < -0.3 is 9.53 Å². The van der Waals surface area contributed by atoms with Crippen LogP contribution in [0.15, 0.2) is 0 Å². The summed E-state index contributed by atoms with van der Waals surface area (Å²) in [5.74, 6) is 0.448. The molecular weight excluding hydrogens is 168 g/mol. The van der Waals surface area contributed by atoms with Gasteiger partial charge in [-0.05, 0) is 32.1 Å². The molecule has 1 fully saturated rings. The van der Waals surface area contributed by atoms with Crippen LogP contribution in [0.4, 0.5) is 0 Å². The summed E-state index contributed by atoms with van der Waals surface area (Å²) in [6, 6.07) is 0. The fraction of sp³-hybridized carbons (Fsp3) is 0.800. The maximum absolute atomic E-state index is 10.8. The van der Waals surface area contributed by atoms with Crippen LogP contribution in [0.3, 0.4) is 0 Å². The van der Waals surface area contributed by atoms with Crippen LogP contribution >= 0.6 is 0 Å². The van der Waals surface area contributed by atoms with Crippen LogP contribution in [0.5, 0.6) is 0 Å². The van der Waals surface area contributed by atoms with E-state index in [0.717, 1.165) is 19.3 Å². The van der Waals surface area contributed by atoms with Crippen LogP contribution in [0.2, 0.25) is 0 Å². The highest BCUT2D eigenvalue weighted by Gasteiger charge is 2.27. The van der Waals surface area contributed by atoms with Crippen molar-refractivity contribution in [1.82, 2.24) is 0 Å². The van der Waals surface area contributed by atoms with E-state index >= 15 is 0 Å². The Kier molecular flexibility index (Phi) is 3.46. The Hall–Kier alpha value is -0.860. The van der Waals surface area contributed by atoms with Gasteiger partial charge in [-0.25, -0.2) is 0 Å². The number of carbonyl (C=O) groups excluding carboxylic acids is 2. The van der Waals surface area contributed by atoms with Gasteiger partial charge in [-0.2, -0.15) is 0 Å². The van der Waals surface area contributed by atoms with Gasteiger partial charge in [-0.1, -0.05) is 0 Å². The van der Waals surface area contributed by atoms with E-state index in [2.05, 4.69) is 0 Å². The smallest absolute Gasteiger partial charge is 0.302 e. The molecule has 3 nitrogen and oxygen atoms in total. The molecule has 0 aromatic rings. The summed E-state index contributed by atoms with van der Waals surface area (Å²) in [5, 5.41) is 0. The second kappa shape index (κ2) is 4.40.